The molecular weight excluding hydrogens is 402 g/mol. The predicted molar refractivity (Wildman–Crippen MR) is 115 cm³/mol. The minimum absolute atomic E-state index is 0.0999. The molecule has 0 unspecified atom stereocenters. The van der Waals surface area contributed by atoms with Gasteiger partial charge in [-0.25, -0.2) is 8.42 Å². The van der Waals surface area contributed by atoms with Crippen LogP contribution in [0.5, 0.6) is 5.75 Å². The zero-order valence-electron chi connectivity index (χ0n) is 17.2. The van der Waals surface area contributed by atoms with Crippen LogP contribution in [0.1, 0.15) is 30.7 Å². The first-order valence-corrected chi connectivity index (χ1v) is 11.5. The van der Waals surface area contributed by atoms with Crippen molar-refractivity contribution in [2.75, 3.05) is 13.4 Å². The van der Waals surface area contributed by atoms with Gasteiger partial charge in [-0.3, -0.25) is 4.79 Å². The topological polar surface area (TPSA) is 85.6 Å². The fourth-order valence-corrected chi connectivity index (χ4v) is 3.69. The third kappa shape index (κ3) is 5.51. The number of hydrogen-bond acceptors (Lipinski definition) is 5. The first kappa shape index (κ1) is 21.6. The Kier molecular flexibility index (Phi) is 6.62. The van der Waals surface area contributed by atoms with E-state index >= 15 is 0 Å². The number of amides is 1. The second-order valence-corrected chi connectivity index (χ2v) is 9.14. The number of methoxy groups -OCH3 is 1. The van der Waals surface area contributed by atoms with E-state index < -0.39 is 9.84 Å². The summed E-state index contributed by atoms with van der Waals surface area (Å²) >= 11 is 0. The van der Waals surface area contributed by atoms with E-state index in [2.05, 4.69) is 5.32 Å². The van der Waals surface area contributed by atoms with Gasteiger partial charge in [0.15, 0.2) is 9.84 Å². The molecule has 0 aliphatic carbocycles. The van der Waals surface area contributed by atoms with Crippen LogP contribution in [0.3, 0.4) is 0 Å². The number of nitrogens with one attached hydrogen (secondary N) is 1. The van der Waals surface area contributed by atoms with Gasteiger partial charge in [-0.05, 0) is 61.0 Å². The Labute approximate surface area is 176 Å². The second-order valence-electron chi connectivity index (χ2n) is 7.12. The highest BCUT2D eigenvalue weighted by molar-refractivity contribution is 7.90. The van der Waals surface area contributed by atoms with Gasteiger partial charge in [0.05, 0.1) is 18.0 Å². The van der Waals surface area contributed by atoms with Gasteiger partial charge >= 0.3 is 0 Å². The Bertz CT molecular complexity index is 1100. The number of carbonyl (C=O) groups excluding carboxylic acids is 1. The maximum atomic E-state index is 12.3. The van der Waals surface area contributed by atoms with Gasteiger partial charge in [0.2, 0.25) is 5.91 Å². The Balaban J connectivity index is 1.53. The van der Waals surface area contributed by atoms with Crippen LogP contribution < -0.4 is 10.1 Å². The molecule has 0 aliphatic rings. The Morgan fingerprint density at radius 1 is 1.03 bits per heavy atom. The molecule has 3 aromatic rings. The Morgan fingerprint density at radius 2 is 1.70 bits per heavy atom. The molecule has 1 N–H and O–H groups in total. The van der Waals surface area contributed by atoms with Crippen molar-refractivity contribution in [3.63, 3.8) is 0 Å². The summed E-state index contributed by atoms with van der Waals surface area (Å²) in [6.07, 6.45) is 1.95. The lowest BCUT2D eigenvalue weighted by Gasteiger charge is -2.14. The molecule has 7 heteroatoms. The van der Waals surface area contributed by atoms with Crippen molar-refractivity contribution in [3.8, 4) is 17.1 Å². The van der Waals surface area contributed by atoms with E-state index in [1.807, 2.05) is 43.3 Å². The van der Waals surface area contributed by atoms with E-state index in [9.17, 15) is 13.2 Å². The van der Waals surface area contributed by atoms with Gasteiger partial charge in [0.25, 0.3) is 0 Å². The highest BCUT2D eigenvalue weighted by atomic mass is 32.2. The van der Waals surface area contributed by atoms with Crippen LogP contribution in [-0.2, 0) is 21.1 Å². The zero-order valence-corrected chi connectivity index (χ0v) is 18.0. The number of hydrogen-bond donors (Lipinski definition) is 1. The second kappa shape index (κ2) is 9.17. The van der Waals surface area contributed by atoms with Crippen LogP contribution >= 0.6 is 0 Å². The third-order valence-corrected chi connectivity index (χ3v) is 5.95. The average molecular weight is 428 g/mol. The monoisotopic (exact) mass is 427 g/mol. The van der Waals surface area contributed by atoms with E-state index in [0.29, 0.717) is 12.8 Å². The lowest BCUT2D eigenvalue weighted by atomic mass is 10.1. The summed E-state index contributed by atoms with van der Waals surface area (Å²) in [6.45, 7) is 1.86. The molecule has 30 heavy (non-hydrogen) atoms. The van der Waals surface area contributed by atoms with Crippen molar-refractivity contribution >= 4 is 15.7 Å². The van der Waals surface area contributed by atoms with Gasteiger partial charge in [0.1, 0.15) is 17.3 Å². The quantitative estimate of drug-likeness (QED) is 0.583. The maximum absolute atomic E-state index is 12.3. The molecule has 0 radical (unpaired) electrons. The maximum Gasteiger partial charge on any atom is 0.220 e. The number of ether oxygens (including phenoxy) is 1. The number of sulfone groups is 1. The summed E-state index contributed by atoms with van der Waals surface area (Å²) in [6, 6.07) is 17.7. The average Bonchev–Trinajstić information content (AvgIpc) is 3.21. The fourth-order valence-electron chi connectivity index (χ4n) is 3.06. The number of carbonyl (C=O) groups is 1. The minimum Gasteiger partial charge on any atom is -0.497 e. The van der Waals surface area contributed by atoms with E-state index in [-0.39, 0.29) is 16.8 Å². The highest BCUT2D eigenvalue weighted by Gasteiger charge is 2.13. The summed E-state index contributed by atoms with van der Waals surface area (Å²) in [7, 11) is -1.61. The Morgan fingerprint density at radius 3 is 2.30 bits per heavy atom. The number of benzene rings is 2. The van der Waals surface area contributed by atoms with E-state index in [4.69, 9.17) is 9.15 Å². The third-order valence-electron chi connectivity index (χ3n) is 4.82. The lowest BCUT2D eigenvalue weighted by molar-refractivity contribution is -0.121. The van der Waals surface area contributed by atoms with Gasteiger partial charge in [0, 0.05) is 24.7 Å². The van der Waals surface area contributed by atoms with Crippen LogP contribution in [-0.4, -0.2) is 27.7 Å². The molecule has 1 heterocycles. The van der Waals surface area contributed by atoms with Crippen LogP contribution in [0.2, 0.25) is 0 Å². The van der Waals surface area contributed by atoms with Crippen LogP contribution in [0.15, 0.2) is 70.0 Å². The fraction of sp³-hybridized carbons (Fsp3) is 0.261. The van der Waals surface area contributed by atoms with Crippen molar-refractivity contribution < 1.29 is 22.4 Å². The summed E-state index contributed by atoms with van der Waals surface area (Å²) in [5.41, 5.74) is 1.79. The van der Waals surface area contributed by atoms with E-state index in [0.717, 1.165) is 28.4 Å². The molecule has 1 aromatic heterocycles. The molecule has 0 saturated carbocycles. The molecule has 158 valence electrons. The normalized spacial score (nSPS) is 12.4. The molecule has 6 nitrogen and oxygen atoms in total. The predicted octanol–water partition coefficient (Wildman–Crippen LogP) is 4.17. The molecule has 0 bridgehead atoms. The first-order valence-electron chi connectivity index (χ1n) is 9.59. The smallest absolute Gasteiger partial charge is 0.220 e. The molecular formula is C23H25NO5S. The Hall–Kier alpha value is -3.06. The minimum atomic E-state index is -3.23. The molecule has 0 fully saturated rings. The summed E-state index contributed by atoms with van der Waals surface area (Å²) in [4.78, 5) is 12.6. The van der Waals surface area contributed by atoms with Gasteiger partial charge in [-0.2, -0.15) is 0 Å². The molecule has 2 aromatic carbocycles. The number of rotatable bonds is 8. The van der Waals surface area contributed by atoms with Crippen molar-refractivity contribution in [1.82, 2.24) is 5.32 Å². The molecule has 1 atom stereocenters. The largest absolute Gasteiger partial charge is 0.497 e. The molecule has 0 spiro atoms. The zero-order chi connectivity index (χ0) is 21.7. The lowest BCUT2D eigenvalue weighted by Crippen LogP contribution is -2.26. The van der Waals surface area contributed by atoms with Gasteiger partial charge < -0.3 is 14.5 Å². The van der Waals surface area contributed by atoms with Crippen LogP contribution in [0.4, 0.5) is 0 Å². The van der Waals surface area contributed by atoms with Gasteiger partial charge in [-0.15, -0.1) is 0 Å². The summed E-state index contributed by atoms with van der Waals surface area (Å²) in [5.74, 6) is 2.16. The molecule has 0 saturated heterocycles. The molecule has 1 amide bonds. The van der Waals surface area contributed by atoms with Crippen LogP contribution in [0, 0.1) is 0 Å². The van der Waals surface area contributed by atoms with Gasteiger partial charge in [-0.1, -0.05) is 12.1 Å². The first-order chi connectivity index (χ1) is 14.3. The molecule has 3 rings (SSSR count). The summed E-state index contributed by atoms with van der Waals surface area (Å²) < 4.78 is 34.1. The van der Waals surface area contributed by atoms with E-state index in [1.54, 1.807) is 31.4 Å². The summed E-state index contributed by atoms with van der Waals surface area (Å²) in [5, 5.41) is 2.93. The van der Waals surface area contributed by atoms with Crippen molar-refractivity contribution in [2.24, 2.45) is 0 Å². The highest BCUT2D eigenvalue weighted by Crippen LogP contribution is 2.25. The van der Waals surface area contributed by atoms with Crippen molar-refractivity contribution in [3.05, 3.63) is 72.0 Å². The van der Waals surface area contributed by atoms with E-state index in [1.165, 1.54) is 6.26 Å². The van der Waals surface area contributed by atoms with Crippen molar-refractivity contribution in [1.29, 1.82) is 0 Å². The number of furan rings is 1. The standard InChI is InChI=1S/C23H25NO5S/c1-16(17-6-12-21(13-7-17)30(3,26)27)24-23(25)15-11-20-10-14-22(29-20)18-4-8-19(28-2)9-5-18/h4-10,12-14,16H,11,15H2,1-3H3,(H,24,25)/t16-/m0/s1. The van der Waals surface area contributed by atoms with Crippen molar-refractivity contribution in [2.45, 2.75) is 30.7 Å². The van der Waals surface area contributed by atoms with Crippen LogP contribution in [0.25, 0.3) is 11.3 Å². The number of aryl methyl sites for hydroxylation is 1. The SMILES string of the molecule is COc1ccc(-c2ccc(CCC(=O)N[C@@H](C)c3ccc(S(C)(=O)=O)cc3)o2)cc1. The molecule has 0 aliphatic heterocycles.